The maximum Gasteiger partial charge on any atom is 0.251 e. The molecule has 0 fully saturated rings. The molecule has 0 aliphatic carbocycles. The Balaban J connectivity index is 1.52. The largest absolute Gasteiger partial charge is 0.454 e. The van der Waals surface area contributed by atoms with Crippen molar-refractivity contribution in [2.24, 2.45) is 0 Å². The van der Waals surface area contributed by atoms with Crippen LogP contribution in [0.15, 0.2) is 35.7 Å². The van der Waals surface area contributed by atoms with Crippen molar-refractivity contribution >= 4 is 17.2 Å². The number of benzene rings is 1. The van der Waals surface area contributed by atoms with Crippen molar-refractivity contribution in [3.63, 3.8) is 0 Å². The maximum atomic E-state index is 12.0. The Morgan fingerprint density at radius 2 is 2.19 bits per heavy atom. The van der Waals surface area contributed by atoms with Gasteiger partial charge in [-0.25, -0.2) is 0 Å². The highest BCUT2D eigenvalue weighted by atomic mass is 32.1. The Morgan fingerprint density at radius 1 is 1.33 bits per heavy atom. The summed E-state index contributed by atoms with van der Waals surface area (Å²) in [5.74, 6) is 1.05. The molecule has 3 rings (SSSR count). The highest BCUT2D eigenvalue weighted by Gasteiger charge is 2.16. The Morgan fingerprint density at radius 3 is 3.00 bits per heavy atom. The van der Waals surface area contributed by atoms with Gasteiger partial charge in [0.1, 0.15) is 0 Å². The third kappa shape index (κ3) is 3.17. The van der Waals surface area contributed by atoms with Gasteiger partial charge in [0.05, 0.1) is 6.10 Å². The first-order valence-electron chi connectivity index (χ1n) is 6.63. The molecule has 0 bridgehead atoms. The zero-order valence-corrected chi connectivity index (χ0v) is 12.1. The van der Waals surface area contributed by atoms with Crippen LogP contribution in [-0.4, -0.2) is 24.4 Å². The van der Waals surface area contributed by atoms with Crippen molar-refractivity contribution in [2.75, 3.05) is 13.3 Å². The van der Waals surface area contributed by atoms with E-state index in [1.165, 1.54) is 11.3 Å². The highest BCUT2D eigenvalue weighted by Crippen LogP contribution is 2.32. The molecule has 5 nitrogen and oxygen atoms in total. The van der Waals surface area contributed by atoms with Gasteiger partial charge in [-0.05, 0) is 36.1 Å². The molecule has 1 aromatic carbocycles. The third-order valence-corrected chi connectivity index (χ3v) is 4.18. The van der Waals surface area contributed by atoms with Gasteiger partial charge in [-0.2, -0.15) is 0 Å². The number of aliphatic hydroxyl groups excluding tert-OH is 1. The third-order valence-electron chi connectivity index (χ3n) is 3.21. The van der Waals surface area contributed by atoms with Crippen LogP contribution in [0, 0.1) is 0 Å². The minimum absolute atomic E-state index is 0.188. The van der Waals surface area contributed by atoms with Crippen molar-refractivity contribution in [2.45, 2.75) is 12.5 Å². The zero-order chi connectivity index (χ0) is 14.7. The van der Waals surface area contributed by atoms with E-state index in [0.29, 0.717) is 30.0 Å². The molecule has 0 saturated carbocycles. The van der Waals surface area contributed by atoms with E-state index in [4.69, 9.17) is 9.47 Å². The van der Waals surface area contributed by atoms with E-state index in [9.17, 15) is 9.90 Å². The number of thiophene rings is 1. The summed E-state index contributed by atoms with van der Waals surface area (Å²) < 4.78 is 10.4. The summed E-state index contributed by atoms with van der Waals surface area (Å²) in [7, 11) is 0. The molecule has 110 valence electrons. The molecule has 2 heterocycles. The SMILES string of the molecule is O=C(NCCC(O)c1cccs1)c1ccc2c(c1)OCO2. The standard InChI is InChI=1S/C15H15NO4S/c17-11(14-2-1-7-21-14)5-6-16-15(18)10-3-4-12-13(8-10)20-9-19-12/h1-4,7-8,11,17H,5-6,9H2,(H,16,18). The molecule has 6 heteroatoms. The summed E-state index contributed by atoms with van der Waals surface area (Å²) >= 11 is 1.51. The lowest BCUT2D eigenvalue weighted by atomic mass is 10.1. The van der Waals surface area contributed by atoms with E-state index < -0.39 is 6.10 Å². The molecule has 1 aromatic heterocycles. The van der Waals surface area contributed by atoms with Crippen LogP contribution in [-0.2, 0) is 0 Å². The lowest BCUT2D eigenvalue weighted by molar-refractivity contribution is 0.0943. The molecule has 2 aromatic rings. The van der Waals surface area contributed by atoms with E-state index in [2.05, 4.69) is 5.32 Å². The molecule has 0 radical (unpaired) electrons. The number of carbonyl (C=O) groups is 1. The van der Waals surface area contributed by atoms with Crippen LogP contribution in [0.3, 0.4) is 0 Å². The second kappa shape index (κ2) is 6.15. The maximum absolute atomic E-state index is 12.0. The molecule has 1 aliphatic heterocycles. The number of hydrogen-bond acceptors (Lipinski definition) is 5. The number of hydrogen-bond donors (Lipinski definition) is 2. The first-order chi connectivity index (χ1) is 10.2. The average Bonchev–Trinajstić information content (AvgIpc) is 3.17. The number of aliphatic hydroxyl groups is 1. The van der Waals surface area contributed by atoms with E-state index in [1.807, 2.05) is 17.5 Å². The van der Waals surface area contributed by atoms with Gasteiger partial charge in [0.15, 0.2) is 11.5 Å². The number of nitrogens with one attached hydrogen (secondary N) is 1. The molecule has 21 heavy (non-hydrogen) atoms. The molecule has 0 saturated heterocycles. The molecule has 2 N–H and O–H groups in total. The summed E-state index contributed by atoms with van der Waals surface area (Å²) in [6.45, 7) is 0.597. The van der Waals surface area contributed by atoms with E-state index in [1.54, 1.807) is 18.2 Å². The van der Waals surface area contributed by atoms with E-state index >= 15 is 0 Å². The molecule has 1 amide bonds. The number of fused-ring (bicyclic) bond motifs is 1. The summed E-state index contributed by atoms with van der Waals surface area (Å²) in [5.41, 5.74) is 0.518. The fraction of sp³-hybridized carbons (Fsp3) is 0.267. The van der Waals surface area contributed by atoms with Gasteiger partial charge in [-0.3, -0.25) is 4.79 Å². The van der Waals surface area contributed by atoms with Crippen molar-refractivity contribution in [3.8, 4) is 11.5 Å². The van der Waals surface area contributed by atoms with Gasteiger partial charge in [-0.15, -0.1) is 11.3 Å². The number of amides is 1. The fourth-order valence-electron chi connectivity index (χ4n) is 2.09. The Bertz CT molecular complexity index is 627. The van der Waals surface area contributed by atoms with E-state index in [-0.39, 0.29) is 12.7 Å². The second-order valence-electron chi connectivity index (χ2n) is 4.64. The van der Waals surface area contributed by atoms with Crippen molar-refractivity contribution < 1.29 is 19.4 Å². The Kier molecular flexibility index (Phi) is 4.08. The Hall–Kier alpha value is -2.05. The summed E-state index contributed by atoms with van der Waals surface area (Å²) in [6, 6.07) is 8.85. The van der Waals surface area contributed by atoms with Crippen LogP contribution in [0.1, 0.15) is 27.8 Å². The van der Waals surface area contributed by atoms with Gasteiger partial charge in [0.2, 0.25) is 6.79 Å². The van der Waals surface area contributed by atoms with Crippen LogP contribution in [0.2, 0.25) is 0 Å². The zero-order valence-electron chi connectivity index (χ0n) is 11.2. The van der Waals surface area contributed by atoms with Crippen molar-refractivity contribution in [1.82, 2.24) is 5.32 Å². The van der Waals surface area contributed by atoms with Gasteiger partial charge in [0, 0.05) is 17.0 Å². The van der Waals surface area contributed by atoms with Crippen LogP contribution in [0.4, 0.5) is 0 Å². The molecular formula is C15H15NO4S. The molecule has 1 unspecified atom stereocenters. The fourth-order valence-corrected chi connectivity index (χ4v) is 2.83. The first kappa shape index (κ1) is 13.9. The summed E-state index contributed by atoms with van der Waals surface area (Å²) in [4.78, 5) is 12.9. The lowest BCUT2D eigenvalue weighted by Crippen LogP contribution is -2.25. The van der Waals surface area contributed by atoms with Crippen LogP contribution >= 0.6 is 11.3 Å². The van der Waals surface area contributed by atoms with Crippen LogP contribution < -0.4 is 14.8 Å². The van der Waals surface area contributed by atoms with Crippen LogP contribution in [0.25, 0.3) is 0 Å². The average molecular weight is 305 g/mol. The summed E-state index contributed by atoms with van der Waals surface area (Å²) in [6.07, 6.45) is -0.0568. The lowest BCUT2D eigenvalue weighted by Gasteiger charge is -2.10. The predicted octanol–water partition coefficient (Wildman–Crippen LogP) is 2.33. The van der Waals surface area contributed by atoms with E-state index in [0.717, 1.165) is 4.88 Å². The smallest absolute Gasteiger partial charge is 0.251 e. The topological polar surface area (TPSA) is 67.8 Å². The summed E-state index contributed by atoms with van der Waals surface area (Å²) in [5, 5.41) is 14.7. The Labute approximate surface area is 126 Å². The quantitative estimate of drug-likeness (QED) is 0.889. The molecule has 1 aliphatic rings. The number of ether oxygens (including phenoxy) is 2. The predicted molar refractivity (Wildman–Crippen MR) is 78.8 cm³/mol. The first-order valence-corrected chi connectivity index (χ1v) is 7.51. The molecule has 0 spiro atoms. The molecule has 1 atom stereocenters. The monoisotopic (exact) mass is 305 g/mol. The van der Waals surface area contributed by atoms with Crippen LogP contribution in [0.5, 0.6) is 11.5 Å². The van der Waals surface area contributed by atoms with Gasteiger partial charge in [-0.1, -0.05) is 6.07 Å². The second-order valence-corrected chi connectivity index (χ2v) is 5.62. The molecular weight excluding hydrogens is 290 g/mol. The van der Waals surface area contributed by atoms with Gasteiger partial charge in [0.25, 0.3) is 5.91 Å². The van der Waals surface area contributed by atoms with Crippen molar-refractivity contribution in [1.29, 1.82) is 0 Å². The van der Waals surface area contributed by atoms with Gasteiger partial charge < -0.3 is 19.9 Å². The minimum atomic E-state index is -0.540. The highest BCUT2D eigenvalue weighted by molar-refractivity contribution is 7.10. The van der Waals surface area contributed by atoms with Gasteiger partial charge >= 0.3 is 0 Å². The number of rotatable bonds is 5. The van der Waals surface area contributed by atoms with Crippen molar-refractivity contribution in [3.05, 3.63) is 46.2 Å². The minimum Gasteiger partial charge on any atom is -0.454 e. The normalized spacial score (nSPS) is 14.0. The number of carbonyl (C=O) groups excluding carboxylic acids is 1.